The molecule has 2 N–H and O–H groups in total. The molecule has 1 aromatic carbocycles. The molecule has 1 saturated heterocycles. The molecule has 4 heteroatoms. The number of nitrogens with two attached hydrogens (primary N) is 1. The number of rotatable bonds is 3. The van der Waals surface area contributed by atoms with Crippen LogP contribution in [0.15, 0.2) is 24.3 Å². The third-order valence-electron chi connectivity index (χ3n) is 3.91. The van der Waals surface area contributed by atoms with E-state index in [1.165, 1.54) is 0 Å². The van der Waals surface area contributed by atoms with Crippen LogP contribution in [0, 0.1) is 0 Å². The van der Waals surface area contributed by atoms with Gasteiger partial charge in [0.15, 0.2) is 0 Å². The molecule has 1 atom stereocenters. The molecule has 0 radical (unpaired) electrons. The molecule has 19 heavy (non-hydrogen) atoms. The molecule has 1 aromatic rings. The van der Waals surface area contributed by atoms with E-state index in [0.29, 0.717) is 12.6 Å². The number of nitrogens with zero attached hydrogens (tertiary/aromatic N) is 2. The van der Waals surface area contributed by atoms with E-state index in [-0.39, 0.29) is 5.91 Å². The molecule has 0 bridgehead atoms. The number of piperazine rings is 1. The van der Waals surface area contributed by atoms with Gasteiger partial charge in [0.05, 0.1) is 0 Å². The fraction of sp³-hybridized carbons (Fsp3) is 0.533. The van der Waals surface area contributed by atoms with Crippen LogP contribution in [0.3, 0.4) is 0 Å². The zero-order valence-corrected chi connectivity index (χ0v) is 11.8. The van der Waals surface area contributed by atoms with E-state index in [2.05, 4.69) is 18.9 Å². The molecule has 0 saturated carbocycles. The van der Waals surface area contributed by atoms with E-state index in [1.807, 2.05) is 29.2 Å². The summed E-state index contributed by atoms with van der Waals surface area (Å²) in [5, 5.41) is 0. The molecule has 2 rings (SSSR count). The van der Waals surface area contributed by atoms with E-state index in [4.69, 9.17) is 5.73 Å². The summed E-state index contributed by atoms with van der Waals surface area (Å²) in [5.41, 5.74) is 7.48. The number of carbonyl (C=O) groups excluding carboxylic acids is 1. The van der Waals surface area contributed by atoms with Crippen LogP contribution in [0.25, 0.3) is 0 Å². The van der Waals surface area contributed by atoms with Crippen molar-refractivity contribution in [2.75, 3.05) is 33.2 Å². The predicted molar refractivity (Wildman–Crippen MR) is 77.2 cm³/mol. The Hall–Kier alpha value is -1.39. The topological polar surface area (TPSA) is 49.6 Å². The van der Waals surface area contributed by atoms with Crippen LogP contribution in [0.4, 0.5) is 0 Å². The first-order valence-electron chi connectivity index (χ1n) is 6.91. The van der Waals surface area contributed by atoms with Crippen LogP contribution >= 0.6 is 0 Å². The van der Waals surface area contributed by atoms with Crippen molar-refractivity contribution in [2.24, 2.45) is 5.73 Å². The van der Waals surface area contributed by atoms with Gasteiger partial charge < -0.3 is 15.5 Å². The first-order chi connectivity index (χ1) is 9.13. The molecule has 1 aliphatic heterocycles. The lowest BCUT2D eigenvalue weighted by Gasteiger charge is -2.38. The predicted octanol–water partition coefficient (Wildman–Crippen LogP) is 0.964. The van der Waals surface area contributed by atoms with Gasteiger partial charge in [0, 0.05) is 31.2 Å². The minimum absolute atomic E-state index is 0.143. The number of hydrogen-bond acceptors (Lipinski definition) is 3. The fourth-order valence-electron chi connectivity index (χ4n) is 2.51. The second-order valence-corrected chi connectivity index (χ2v) is 5.28. The van der Waals surface area contributed by atoms with Gasteiger partial charge in [0.1, 0.15) is 0 Å². The van der Waals surface area contributed by atoms with E-state index >= 15 is 0 Å². The first-order valence-corrected chi connectivity index (χ1v) is 6.91. The van der Waals surface area contributed by atoms with E-state index in [0.717, 1.165) is 37.2 Å². The summed E-state index contributed by atoms with van der Waals surface area (Å²) in [7, 11) is 2.11. The highest BCUT2D eigenvalue weighted by molar-refractivity contribution is 5.95. The molecular formula is C15H23N3O. The molecule has 104 valence electrons. The average molecular weight is 261 g/mol. The van der Waals surface area contributed by atoms with Crippen molar-refractivity contribution in [2.45, 2.75) is 19.4 Å². The molecule has 0 spiro atoms. The second kappa shape index (κ2) is 6.17. The standard InChI is InChI=1S/C15H23N3O/c1-12-11-18(10-9-17(12)2)15(19)14-6-4-3-5-13(14)7-8-16/h3-6,12H,7-11,16H2,1-2H3. The zero-order chi connectivity index (χ0) is 13.8. The number of carbonyl (C=O) groups is 1. The minimum Gasteiger partial charge on any atom is -0.336 e. The maximum Gasteiger partial charge on any atom is 0.254 e. The third-order valence-corrected chi connectivity index (χ3v) is 3.91. The number of amides is 1. The van der Waals surface area contributed by atoms with Gasteiger partial charge in [0.25, 0.3) is 5.91 Å². The summed E-state index contributed by atoms with van der Waals surface area (Å²) < 4.78 is 0. The fourth-order valence-corrected chi connectivity index (χ4v) is 2.51. The minimum atomic E-state index is 0.143. The van der Waals surface area contributed by atoms with Gasteiger partial charge in [-0.1, -0.05) is 18.2 Å². The molecule has 0 aliphatic carbocycles. The first kappa shape index (κ1) is 14.0. The normalized spacial score (nSPS) is 20.6. The van der Waals surface area contributed by atoms with Crippen molar-refractivity contribution in [3.63, 3.8) is 0 Å². The monoisotopic (exact) mass is 261 g/mol. The molecule has 1 aliphatic rings. The Labute approximate surface area is 115 Å². The van der Waals surface area contributed by atoms with Gasteiger partial charge in [-0.2, -0.15) is 0 Å². The quantitative estimate of drug-likeness (QED) is 0.882. The zero-order valence-electron chi connectivity index (χ0n) is 11.8. The van der Waals surface area contributed by atoms with Crippen molar-refractivity contribution in [1.82, 2.24) is 9.80 Å². The van der Waals surface area contributed by atoms with E-state index < -0.39 is 0 Å². The van der Waals surface area contributed by atoms with Gasteiger partial charge in [0.2, 0.25) is 0 Å². The van der Waals surface area contributed by atoms with Crippen molar-refractivity contribution in [3.05, 3.63) is 35.4 Å². The van der Waals surface area contributed by atoms with Crippen molar-refractivity contribution in [1.29, 1.82) is 0 Å². The number of benzene rings is 1. The lowest BCUT2D eigenvalue weighted by molar-refractivity contribution is 0.0571. The summed E-state index contributed by atoms with van der Waals surface area (Å²) >= 11 is 0. The van der Waals surface area contributed by atoms with E-state index in [9.17, 15) is 4.79 Å². The summed E-state index contributed by atoms with van der Waals surface area (Å²) in [4.78, 5) is 16.9. The van der Waals surface area contributed by atoms with Crippen LogP contribution in [-0.2, 0) is 6.42 Å². The average Bonchev–Trinajstić information content (AvgIpc) is 2.42. The van der Waals surface area contributed by atoms with Crippen molar-refractivity contribution >= 4 is 5.91 Å². The van der Waals surface area contributed by atoms with Gasteiger partial charge >= 0.3 is 0 Å². The molecule has 0 aromatic heterocycles. The Bertz CT molecular complexity index is 447. The van der Waals surface area contributed by atoms with Gasteiger partial charge in [-0.05, 0) is 38.6 Å². The highest BCUT2D eigenvalue weighted by Gasteiger charge is 2.25. The van der Waals surface area contributed by atoms with Crippen LogP contribution in [-0.4, -0.2) is 55.0 Å². The number of likely N-dealkylation sites (N-methyl/N-ethyl adjacent to an activating group) is 1. The summed E-state index contributed by atoms with van der Waals surface area (Å²) in [6, 6.07) is 8.22. The lowest BCUT2D eigenvalue weighted by atomic mass is 10.0. The third kappa shape index (κ3) is 3.14. The highest BCUT2D eigenvalue weighted by atomic mass is 16.2. The number of hydrogen-bond donors (Lipinski definition) is 1. The second-order valence-electron chi connectivity index (χ2n) is 5.28. The molecule has 1 unspecified atom stereocenters. The van der Waals surface area contributed by atoms with Crippen LogP contribution in [0.2, 0.25) is 0 Å². The Morgan fingerprint density at radius 2 is 2.11 bits per heavy atom. The van der Waals surface area contributed by atoms with Crippen molar-refractivity contribution < 1.29 is 4.79 Å². The van der Waals surface area contributed by atoms with Crippen LogP contribution in [0.1, 0.15) is 22.8 Å². The van der Waals surface area contributed by atoms with Crippen LogP contribution in [0.5, 0.6) is 0 Å². The Morgan fingerprint density at radius 1 is 1.37 bits per heavy atom. The van der Waals surface area contributed by atoms with Gasteiger partial charge in [-0.15, -0.1) is 0 Å². The maximum absolute atomic E-state index is 12.6. The smallest absolute Gasteiger partial charge is 0.254 e. The maximum atomic E-state index is 12.6. The van der Waals surface area contributed by atoms with Gasteiger partial charge in [-0.3, -0.25) is 4.79 Å². The van der Waals surface area contributed by atoms with Crippen molar-refractivity contribution in [3.8, 4) is 0 Å². The summed E-state index contributed by atoms with van der Waals surface area (Å²) in [5.74, 6) is 0.143. The molecule has 1 fully saturated rings. The summed E-state index contributed by atoms with van der Waals surface area (Å²) in [6.07, 6.45) is 0.755. The molecule has 1 amide bonds. The summed E-state index contributed by atoms with van der Waals surface area (Å²) in [6.45, 7) is 5.27. The van der Waals surface area contributed by atoms with E-state index in [1.54, 1.807) is 0 Å². The molecular weight excluding hydrogens is 238 g/mol. The van der Waals surface area contributed by atoms with Gasteiger partial charge in [-0.25, -0.2) is 0 Å². The highest BCUT2D eigenvalue weighted by Crippen LogP contribution is 2.15. The Kier molecular flexibility index (Phi) is 4.56. The lowest BCUT2D eigenvalue weighted by Crippen LogP contribution is -2.52. The molecule has 4 nitrogen and oxygen atoms in total. The Balaban J connectivity index is 2.15. The molecule has 1 heterocycles. The Morgan fingerprint density at radius 3 is 2.79 bits per heavy atom. The largest absolute Gasteiger partial charge is 0.336 e. The van der Waals surface area contributed by atoms with Crippen LogP contribution < -0.4 is 5.73 Å². The SMILES string of the molecule is CC1CN(C(=O)c2ccccc2CCN)CCN1C.